The predicted molar refractivity (Wildman–Crippen MR) is 113 cm³/mol. The van der Waals surface area contributed by atoms with Crippen molar-refractivity contribution in [2.45, 2.75) is 19.8 Å². The number of anilines is 1. The van der Waals surface area contributed by atoms with Crippen molar-refractivity contribution in [2.75, 3.05) is 25.1 Å². The first-order valence-corrected chi connectivity index (χ1v) is 9.84. The molecule has 2 aromatic carbocycles. The highest BCUT2D eigenvalue weighted by molar-refractivity contribution is 6.00. The van der Waals surface area contributed by atoms with Gasteiger partial charge < -0.3 is 19.9 Å². The fourth-order valence-corrected chi connectivity index (χ4v) is 3.86. The maximum absolute atomic E-state index is 12.6. The van der Waals surface area contributed by atoms with E-state index in [-0.39, 0.29) is 24.2 Å². The fourth-order valence-electron chi connectivity index (χ4n) is 3.86. The largest absolute Gasteiger partial charge is 0.497 e. The molecule has 150 valence electrons. The number of benzene rings is 2. The van der Waals surface area contributed by atoms with Crippen LogP contribution in [0, 0.1) is 12.8 Å². The number of methoxy groups -OCH3 is 1. The molecule has 1 aliphatic rings. The summed E-state index contributed by atoms with van der Waals surface area (Å²) < 4.78 is 5.16. The molecule has 0 aliphatic carbocycles. The van der Waals surface area contributed by atoms with E-state index < -0.39 is 0 Å². The second-order valence-corrected chi connectivity index (χ2v) is 7.51. The van der Waals surface area contributed by atoms with Crippen molar-refractivity contribution in [1.29, 1.82) is 0 Å². The summed E-state index contributed by atoms with van der Waals surface area (Å²) >= 11 is 0. The molecule has 2 N–H and O–H groups in total. The van der Waals surface area contributed by atoms with E-state index >= 15 is 0 Å². The third-order valence-corrected chi connectivity index (χ3v) is 5.50. The Hall–Kier alpha value is -3.28. The second kappa shape index (κ2) is 7.99. The van der Waals surface area contributed by atoms with Crippen LogP contribution in [0.1, 0.15) is 17.5 Å². The van der Waals surface area contributed by atoms with Crippen molar-refractivity contribution in [3.8, 4) is 5.75 Å². The summed E-state index contributed by atoms with van der Waals surface area (Å²) in [5.41, 5.74) is 4.30. The monoisotopic (exact) mass is 391 g/mol. The minimum Gasteiger partial charge on any atom is -0.497 e. The SMILES string of the molecule is COc1ccc(N2CC(C(=O)NCCc3c[nH]c4ccc(C)cc34)CC2=O)cc1. The number of aromatic nitrogens is 1. The molecule has 6 heteroatoms. The van der Waals surface area contributed by atoms with E-state index in [1.165, 1.54) is 16.5 Å². The molecule has 4 rings (SSSR count). The lowest BCUT2D eigenvalue weighted by atomic mass is 10.1. The topological polar surface area (TPSA) is 74.4 Å². The second-order valence-electron chi connectivity index (χ2n) is 7.51. The third-order valence-electron chi connectivity index (χ3n) is 5.50. The number of rotatable bonds is 6. The molecule has 0 bridgehead atoms. The van der Waals surface area contributed by atoms with Gasteiger partial charge in [0.2, 0.25) is 11.8 Å². The van der Waals surface area contributed by atoms with Crippen LogP contribution in [-0.4, -0.2) is 37.0 Å². The van der Waals surface area contributed by atoms with Crippen LogP contribution in [0.5, 0.6) is 5.75 Å². The lowest BCUT2D eigenvalue weighted by Crippen LogP contribution is -2.34. The van der Waals surface area contributed by atoms with Gasteiger partial charge in [0.15, 0.2) is 0 Å². The number of fused-ring (bicyclic) bond motifs is 1. The van der Waals surface area contributed by atoms with Crippen LogP contribution in [0.15, 0.2) is 48.7 Å². The van der Waals surface area contributed by atoms with Crippen LogP contribution >= 0.6 is 0 Å². The van der Waals surface area contributed by atoms with Crippen molar-refractivity contribution in [2.24, 2.45) is 5.92 Å². The Balaban J connectivity index is 1.34. The molecule has 0 spiro atoms. The Labute approximate surface area is 169 Å². The minimum absolute atomic E-state index is 0.0255. The van der Waals surface area contributed by atoms with Gasteiger partial charge in [-0.2, -0.15) is 0 Å². The van der Waals surface area contributed by atoms with E-state index in [1.54, 1.807) is 12.0 Å². The number of hydrogen-bond donors (Lipinski definition) is 2. The summed E-state index contributed by atoms with van der Waals surface area (Å²) in [6, 6.07) is 13.6. The average Bonchev–Trinajstić information content (AvgIpc) is 3.31. The van der Waals surface area contributed by atoms with Crippen LogP contribution in [0.2, 0.25) is 0 Å². The fraction of sp³-hybridized carbons (Fsp3) is 0.304. The quantitative estimate of drug-likeness (QED) is 0.678. The summed E-state index contributed by atoms with van der Waals surface area (Å²) in [5, 5.41) is 4.20. The molecular weight excluding hydrogens is 366 g/mol. The van der Waals surface area contributed by atoms with Crippen molar-refractivity contribution in [1.82, 2.24) is 10.3 Å². The van der Waals surface area contributed by atoms with Gasteiger partial charge in [0.25, 0.3) is 0 Å². The molecule has 1 aromatic heterocycles. The van der Waals surface area contributed by atoms with Crippen LogP contribution in [0.4, 0.5) is 5.69 Å². The lowest BCUT2D eigenvalue weighted by molar-refractivity contribution is -0.126. The number of aryl methyl sites for hydroxylation is 1. The smallest absolute Gasteiger partial charge is 0.227 e. The number of nitrogens with one attached hydrogen (secondary N) is 2. The van der Waals surface area contributed by atoms with Crippen LogP contribution in [0.25, 0.3) is 10.9 Å². The van der Waals surface area contributed by atoms with Crippen LogP contribution in [-0.2, 0) is 16.0 Å². The molecule has 1 aliphatic heterocycles. The van der Waals surface area contributed by atoms with Gasteiger partial charge in [-0.05, 0) is 55.3 Å². The van der Waals surface area contributed by atoms with Gasteiger partial charge in [-0.25, -0.2) is 0 Å². The Bertz CT molecular complexity index is 1040. The Morgan fingerprint density at radius 2 is 2.03 bits per heavy atom. The number of amides is 2. The summed E-state index contributed by atoms with van der Waals surface area (Å²) in [5.74, 6) is 0.324. The first kappa shape index (κ1) is 19.1. The molecule has 29 heavy (non-hydrogen) atoms. The number of nitrogens with zero attached hydrogens (tertiary/aromatic N) is 1. The van der Waals surface area contributed by atoms with Crippen molar-refractivity contribution in [3.05, 3.63) is 59.8 Å². The number of H-pyrrole nitrogens is 1. The highest BCUT2D eigenvalue weighted by Crippen LogP contribution is 2.27. The van der Waals surface area contributed by atoms with Crippen molar-refractivity contribution < 1.29 is 14.3 Å². The molecule has 1 saturated heterocycles. The molecular formula is C23H25N3O3. The zero-order valence-electron chi connectivity index (χ0n) is 16.7. The Morgan fingerprint density at radius 3 is 2.79 bits per heavy atom. The predicted octanol–water partition coefficient (Wildman–Crippen LogP) is 3.20. The minimum atomic E-state index is -0.324. The Kier molecular flexibility index (Phi) is 5.25. The van der Waals surface area contributed by atoms with Gasteiger partial charge in [-0.15, -0.1) is 0 Å². The molecule has 0 saturated carbocycles. The van der Waals surface area contributed by atoms with Crippen molar-refractivity contribution in [3.63, 3.8) is 0 Å². The maximum atomic E-state index is 12.6. The van der Waals surface area contributed by atoms with E-state index in [0.29, 0.717) is 13.1 Å². The first-order valence-electron chi connectivity index (χ1n) is 9.84. The van der Waals surface area contributed by atoms with Gasteiger partial charge in [-0.1, -0.05) is 11.6 Å². The maximum Gasteiger partial charge on any atom is 0.227 e. The number of carbonyl (C=O) groups is 2. The Morgan fingerprint density at radius 1 is 1.24 bits per heavy atom. The summed E-state index contributed by atoms with van der Waals surface area (Å²) in [6.45, 7) is 3.03. The molecule has 1 atom stereocenters. The highest BCUT2D eigenvalue weighted by Gasteiger charge is 2.34. The molecule has 1 fully saturated rings. The summed E-state index contributed by atoms with van der Waals surface area (Å²) in [6.07, 6.45) is 2.99. The van der Waals surface area contributed by atoms with Crippen LogP contribution < -0.4 is 15.0 Å². The molecule has 2 amide bonds. The molecule has 1 unspecified atom stereocenters. The zero-order valence-corrected chi connectivity index (χ0v) is 16.7. The van der Waals surface area contributed by atoms with Gasteiger partial charge in [-0.3, -0.25) is 9.59 Å². The van der Waals surface area contributed by atoms with Gasteiger partial charge in [0.1, 0.15) is 5.75 Å². The molecule has 0 radical (unpaired) electrons. The number of carbonyl (C=O) groups excluding carboxylic acids is 2. The van der Waals surface area contributed by atoms with E-state index in [1.807, 2.05) is 30.5 Å². The first-order chi connectivity index (χ1) is 14.0. The molecule has 3 aromatic rings. The van der Waals surface area contributed by atoms with E-state index in [2.05, 4.69) is 35.4 Å². The number of ether oxygens (including phenoxy) is 1. The van der Waals surface area contributed by atoms with E-state index in [4.69, 9.17) is 4.74 Å². The standard InChI is InChI=1S/C23H25N3O3/c1-15-3-8-21-20(11-15)16(13-25-21)9-10-24-23(28)17-12-22(27)26(14-17)18-4-6-19(29-2)7-5-18/h3-8,11,13,17,25H,9-10,12,14H2,1-2H3,(H,24,28). The van der Waals surface area contributed by atoms with Crippen LogP contribution in [0.3, 0.4) is 0 Å². The van der Waals surface area contributed by atoms with E-state index in [0.717, 1.165) is 23.4 Å². The van der Waals surface area contributed by atoms with Gasteiger partial charge in [0.05, 0.1) is 13.0 Å². The third kappa shape index (κ3) is 3.97. The molecule has 6 nitrogen and oxygen atoms in total. The van der Waals surface area contributed by atoms with Gasteiger partial charge in [0, 0.05) is 42.3 Å². The van der Waals surface area contributed by atoms with Crippen molar-refractivity contribution >= 4 is 28.4 Å². The zero-order chi connectivity index (χ0) is 20.4. The number of hydrogen-bond acceptors (Lipinski definition) is 3. The summed E-state index contributed by atoms with van der Waals surface area (Å²) in [4.78, 5) is 29.9. The number of aromatic amines is 1. The lowest BCUT2D eigenvalue weighted by Gasteiger charge is -2.17. The highest BCUT2D eigenvalue weighted by atomic mass is 16.5. The van der Waals surface area contributed by atoms with E-state index in [9.17, 15) is 9.59 Å². The summed E-state index contributed by atoms with van der Waals surface area (Å²) in [7, 11) is 1.60. The molecule has 2 heterocycles. The average molecular weight is 391 g/mol. The van der Waals surface area contributed by atoms with Gasteiger partial charge >= 0.3 is 0 Å². The normalized spacial score (nSPS) is 16.4.